The number of hydrazine groups is 1. The summed E-state index contributed by atoms with van der Waals surface area (Å²) in [5.41, 5.74) is 4.11. The lowest BCUT2D eigenvalue weighted by atomic mass is 10.1. The van der Waals surface area contributed by atoms with Crippen molar-refractivity contribution in [3.8, 4) is 0 Å². The van der Waals surface area contributed by atoms with Gasteiger partial charge in [0.05, 0.1) is 6.42 Å². The van der Waals surface area contributed by atoms with E-state index >= 15 is 0 Å². The number of likely N-dealkylation sites (tertiary alicyclic amines) is 1. The number of nitrogens with zero attached hydrogens (tertiary/aromatic N) is 1. The van der Waals surface area contributed by atoms with Crippen molar-refractivity contribution in [3.05, 3.63) is 35.4 Å². The van der Waals surface area contributed by atoms with E-state index in [0.717, 1.165) is 24.1 Å². The van der Waals surface area contributed by atoms with Gasteiger partial charge in [-0.15, -0.1) is 0 Å². The SMILES string of the molecule is CCC1CC(=O)N(Cc2ccc(CC(=O)NN)cc2)C1. The van der Waals surface area contributed by atoms with Gasteiger partial charge in [0.25, 0.3) is 0 Å². The Morgan fingerprint density at radius 1 is 1.35 bits per heavy atom. The Bertz CT molecular complexity index is 484. The number of rotatable bonds is 5. The Balaban J connectivity index is 1.94. The molecule has 5 nitrogen and oxygen atoms in total. The van der Waals surface area contributed by atoms with Crippen molar-refractivity contribution in [2.75, 3.05) is 6.54 Å². The van der Waals surface area contributed by atoms with Crippen LogP contribution in [-0.2, 0) is 22.6 Å². The molecule has 1 unspecified atom stereocenters. The van der Waals surface area contributed by atoms with Gasteiger partial charge >= 0.3 is 0 Å². The second-order valence-electron chi connectivity index (χ2n) is 5.31. The average Bonchev–Trinajstić information content (AvgIpc) is 2.81. The fourth-order valence-corrected chi connectivity index (χ4v) is 2.50. The van der Waals surface area contributed by atoms with Crippen LogP contribution in [0.5, 0.6) is 0 Å². The highest BCUT2D eigenvalue weighted by Crippen LogP contribution is 2.22. The van der Waals surface area contributed by atoms with Gasteiger partial charge in [0, 0.05) is 19.5 Å². The van der Waals surface area contributed by atoms with Gasteiger partial charge in [-0.3, -0.25) is 15.0 Å². The van der Waals surface area contributed by atoms with Crippen molar-refractivity contribution < 1.29 is 9.59 Å². The Kier molecular flexibility index (Phi) is 4.74. The molecule has 108 valence electrons. The predicted octanol–water partition coefficient (Wildman–Crippen LogP) is 0.977. The highest BCUT2D eigenvalue weighted by atomic mass is 16.2. The van der Waals surface area contributed by atoms with Gasteiger partial charge in [0.2, 0.25) is 11.8 Å². The van der Waals surface area contributed by atoms with Crippen molar-refractivity contribution in [2.24, 2.45) is 11.8 Å². The number of nitrogens with two attached hydrogens (primary N) is 1. The zero-order valence-corrected chi connectivity index (χ0v) is 11.8. The number of nitrogens with one attached hydrogen (secondary N) is 1. The monoisotopic (exact) mass is 275 g/mol. The van der Waals surface area contributed by atoms with Gasteiger partial charge in [0.1, 0.15) is 0 Å². The summed E-state index contributed by atoms with van der Waals surface area (Å²) in [7, 11) is 0. The molecule has 0 bridgehead atoms. The Hall–Kier alpha value is -1.88. The molecule has 1 atom stereocenters. The second kappa shape index (κ2) is 6.52. The van der Waals surface area contributed by atoms with Crippen LogP contribution in [0.4, 0.5) is 0 Å². The van der Waals surface area contributed by atoms with E-state index in [1.54, 1.807) is 0 Å². The molecule has 0 aromatic heterocycles. The molecule has 1 aliphatic heterocycles. The van der Waals surface area contributed by atoms with E-state index in [1.165, 1.54) is 0 Å². The number of benzene rings is 1. The van der Waals surface area contributed by atoms with Crippen molar-refractivity contribution in [1.29, 1.82) is 0 Å². The highest BCUT2D eigenvalue weighted by Gasteiger charge is 2.27. The quantitative estimate of drug-likeness (QED) is 0.478. The van der Waals surface area contributed by atoms with Crippen LogP contribution in [0.1, 0.15) is 30.9 Å². The maximum absolute atomic E-state index is 11.9. The summed E-state index contributed by atoms with van der Waals surface area (Å²) in [5.74, 6) is 5.58. The molecule has 1 heterocycles. The maximum atomic E-state index is 11.9. The number of carbonyl (C=O) groups is 2. The third-order valence-electron chi connectivity index (χ3n) is 3.79. The highest BCUT2D eigenvalue weighted by molar-refractivity contribution is 5.79. The van der Waals surface area contributed by atoms with Crippen molar-refractivity contribution in [2.45, 2.75) is 32.7 Å². The van der Waals surface area contributed by atoms with E-state index in [9.17, 15) is 9.59 Å². The summed E-state index contributed by atoms with van der Waals surface area (Å²) in [6, 6.07) is 7.74. The van der Waals surface area contributed by atoms with Gasteiger partial charge in [-0.05, 0) is 17.0 Å². The molecule has 0 aliphatic carbocycles. The molecule has 0 radical (unpaired) electrons. The first-order chi connectivity index (χ1) is 9.62. The minimum Gasteiger partial charge on any atom is -0.338 e. The van der Waals surface area contributed by atoms with Crippen LogP contribution in [0.2, 0.25) is 0 Å². The van der Waals surface area contributed by atoms with Gasteiger partial charge in [-0.2, -0.15) is 0 Å². The lowest BCUT2D eigenvalue weighted by Gasteiger charge is -2.16. The van der Waals surface area contributed by atoms with E-state index in [2.05, 4.69) is 12.3 Å². The first-order valence-electron chi connectivity index (χ1n) is 6.97. The summed E-state index contributed by atoms with van der Waals surface area (Å²) in [6.45, 7) is 3.63. The summed E-state index contributed by atoms with van der Waals surface area (Å²) >= 11 is 0. The second-order valence-corrected chi connectivity index (χ2v) is 5.31. The fraction of sp³-hybridized carbons (Fsp3) is 0.467. The summed E-state index contributed by atoms with van der Waals surface area (Å²) < 4.78 is 0. The molecule has 20 heavy (non-hydrogen) atoms. The molecule has 5 heteroatoms. The van der Waals surface area contributed by atoms with Crippen LogP contribution in [0.15, 0.2) is 24.3 Å². The molecule has 2 rings (SSSR count). The van der Waals surface area contributed by atoms with E-state index in [0.29, 0.717) is 18.9 Å². The summed E-state index contributed by atoms with van der Waals surface area (Å²) in [5, 5.41) is 0. The van der Waals surface area contributed by atoms with Crippen molar-refractivity contribution in [1.82, 2.24) is 10.3 Å². The Morgan fingerprint density at radius 2 is 2.00 bits per heavy atom. The van der Waals surface area contributed by atoms with E-state index < -0.39 is 0 Å². The molecule has 0 saturated carbocycles. The standard InChI is InChI=1S/C15H21N3O2/c1-2-11-8-15(20)18(9-11)10-13-5-3-12(4-6-13)7-14(19)17-16/h3-6,11H,2,7-10,16H2,1H3,(H,17,19). The smallest absolute Gasteiger partial charge is 0.238 e. The van der Waals surface area contributed by atoms with Crippen LogP contribution >= 0.6 is 0 Å². The average molecular weight is 275 g/mol. The van der Waals surface area contributed by atoms with E-state index in [-0.39, 0.29) is 18.2 Å². The van der Waals surface area contributed by atoms with Crippen molar-refractivity contribution >= 4 is 11.8 Å². The van der Waals surface area contributed by atoms with Crippen LogP contribution in [0.25, 0.3) is 0 Å². The maximum Gasteiger partial charge on any atom is 0.238 e. The molecule has 1 aromatic rings. The number of carbonyl (C=O) groups excluding carboxylic acids is 2. The number of hydrogen-bond acceptors (Lipinski definition) is 3. The third-order valence-corrected chi connectivity index (χ3v) is 3.79. The summed E-state index contributed by atoms with van der Waals surface area (Å²) in [4.78, 5) is 24.9. The minimum absolute atomic E-state index is 0.210. The van der Waals surface area contributed by atoms with Gasteiger partial charge in [-0.1, -0.05) is 37.6 Å². The normalized spacial score (nSPS) is 18.4. The molecular weight excluding hydrogens is 254 g/mol. The van der Waals surface area contributed by atoms with Crippen molar-refractivity contribution in [3.63, 3.8) is 0 Å². The lowest BCUT2D eigenvalue weighted by Crippen LogP contribution is -2.31. The van der Waals surface area contributed by atoms with Gasteiger partial charge < -0.3 is 4.90 Å². The van der Waals surface area contributed by atoms with E-state index in [4.69, 9.17) is 5.84 Å². The minimum atomic E-state index is -0.210. The molecule has 0 spiro atoms. The zero-order valence-electron chi connectivity index (χ0n) is 11.8. The first-order valence-corrected chi connectivity index (χ1v) is 6.97. The lowest BCUT2D eigenvalue weighted by molar-refractivity contribution is -0.128. The van der Waals surface area contributed by atoms with Gasteiger partial charge in [-0.25, -0.2) is 5.84 Å². The van der Waals surface area contributed by atoms with Crippen LogP contribution in [-0.4, -0.2) is 23.3 Å². The Morgan fingerprint density at radius 3 is 2.55 bits per heavy atom. The largest absolute Gasteiger partial charge is 0.338 e. The number of amides is 2. The topological polar surface area (TPSA) is 75.4 Å². The zero-order chi connectivity index (χ0) is 14.5. The number of hydrogen-bond donors (Lipinski definition) is 2. The Labute approximate surface area is 119 Å². The summed E-state index contributed by atoms with van der Waals surface area (Å²) in [6.07, 6.45) is 2.00. The first kappa shape index (κ1) is 14.5. The van der Waals surface area contributed by atoms with Crippen LogP contribution < -0.4 is 11.3 Å². The fourth-order valence-electron chi connectivity index (χ4n) is 2.50. The van der Waals surface area contributed by atoms with Gasteiger partial charge in [0.15, 0.2) is 0 Å². The molecule has 1 fully saturated rings. The molecular formula is C15H21N3O2. The van der Waals surface area contributed by atoms with Crippen LogP contribution in [0.3, 0.4) is 0 Å². The third kappa shape index (κ3) is 3.57. The molecule has 2 amide bonds. The van der Waals surface area contributed by atoms with E-state index in [1.807, 2.05) is 29.2 Å². The molecule has 1 aromatic carbocycles. The predicted molar refractivity (Wildman–Crippen MR) is 76.3 cm³/mol. The molecule has 1 saturated heterocycles. The molecule has 1 aliphatic rings. The molecule has 3 N–H and O–H groups in total. The van der Waals surface area contributed by atoms with Crippen LogP contribution in [0, 0.1) is 5.92 Å².